The van der Waals surface area contributed by atoms with Crippen molar-refractivity contribution in [3.8, 4) is 27.9 Å². The highest BCUT2D eigenvalue weighted by atomic mass is 15.1. The molecule has 0 N–H and O–H groups in total. The largest absolute Gasteiger partial charge is 0.303 e. The first-order chi connectivity index (χ1) is 12.2. The van der Waals surface area contributed by atoms with Gasteiger partial charge in [0.2, 0.25) is 0 Å². The minimum atomic E-state index is 0.984. The molecule has 0 fully saturated rings. The SMILES string of the molecule is Cc1cc(-c2ccccc2)c(-n2ccnc2C)c(-c2ccccc2)c1. The molecule has 0 radical (unpaired) electrons. The van der Waals surface area contributed by atoms with Crippen molar-refractivity contribution in [1.29, 1.82) is 0 Å². The Morgan fingerprint density at radius 3 is 1.68 bits per heavy atom. The Balaban J connectivity index is 2.09. The minimum absolute atomic E-state index is 0.984. The molecule has 0 atom stereocenters. The Morgan fingerprint density at radius 2 is 1.24 bits per heavy atom. The first kappa shape index (κ1) is 15.4. The average molecular weight is 324 g/mol. The summed E-state index contributed by atoms with van der Waals surface area (Å²) in [5.41, 5.74) is 7.30. The third kappa shape index (κ3) is 2.87. The molecule has 3 aromatic carbocycles. The van der Waals surface area contributed by atoms with E-state index in [2.05, 4.69) is 89.3 Å². The van der Waals surface area contributed by atoms with Crippen molar-refractivity contribution in [1.82, 2.24) is 9.55 Å². The number of imidazole rings is 1. The molecule has 0 saturated carbocycles. The maximum Gasteiger partial charge on any atom is 0.110 e. The van der Waals surface area contributed by atoms with E-state index in [9.17, 15) is 0 Å². The number of aromatic nitrogens is 2. The molecule has 0 bridgehead atoms. The monoisotopic (exact) mass is 324 g/mol. The van der Waals surface area contributed by atoms with Crippen LogP contribution < -0.4 is 0 Å². The van der Waals surface area contributed by atoms with E-state index < -0.39 is 0 Å². The van der Waals surface area contributed by atoms with E-state index in [1.807, 2.05) is 19.3 Å². The normalized spacial score (nSPS) is 10.8. The van der Waals surface area contributed by atoms with Crippen LogP contribution in [0.5, 0.6) is 0 Å². The molecule has 0 amide bonds. The van der Waals surface area contributed by atoms with Gasteiger partial charge in [0, 0.05) is 23.5 Å². The maximum absolute atomic E-state index is 4.45. The zero-order chi connectivity index (χ0) is 17.2. The number of rotatable bonds is 3. The molecule has 0 unspecified atom stereocenters. The summed E-state index contributed by atoms with van der Waals surface area (Å²) in [5, 5.41) is 0. The van der Waals surface area contributed by atoms with Gasteiger partial charge in [-0.3, -0.25) is 0 Å². The molecule has 0 aliphatic rings. The molecule has 0 saturated heterocycles. The van der Waals surface area contributed by atoms with Crippen molar-refractivity contribution in [2.45, 2.75) is 13.8 Å². The second-order valence-corrected chi connectivity index (χ2v) is 6.29. The lowest BCUT2D eigenvalue weighted by Gasteiger charge is -2.19. The van der Waals surface area contributed by atoms with Crippen LogP contribution in [0.3, 0.4) is 0 Å². The number of nitrogens with zero attached hydrogens (tertiary/aromatic N) is 2. The van der Waals surface area contributed by atoms with Gasteiger partial charge in [-0.1, -0.05) is 60.7 Å². The van der Waals surface area contributed by atoms with E-state index in [1.165, 1.54) is 33.5 Å². The van der Waals surface area contributed by atoms with Gasteiger partial charge in [-0.15, -0.1) is 0 Å². The minimum Gasteiger partial charge on any atom is -0.303 e. The Labute approximate surface area is 148 Å². The van der Waals surface area contributed by atoms with Gasteiger partial charge in [-0.25, -0.2) is 4.98 Å². The van der Waals surface area contributed by atoms with Crippen LogP contribution in [-0.4, -0.2) is 9.55 Å². The van der Waals surface area contributed by atoms with Gasteiger partial charge in [0.1, 0.15) is 5.82 Å². The van der Waals surface area contributed by atoms with E-state index >= 15 is 0 Å². The summed E-state index contributed by atoms with van der Waals surface area (Å²) < 4.78 is 2.18. The van der Waals surface area contributed by atoms with Crippen LogP contribution in [-0.2, 0) is 0 Å². The van der Waals surface area contributed by atoms with E-state index in [-0.39, 0.29) is 0 Å². The predicted octanol–water partition coefficient (Wildman–Crippen LogP) is 5.82. The van der Waals surface area contributed by atoms with Gasteiger partial charge in [-0.05, 0) is 42.7 Å². The Kier molecular flexibility index (Phi) is 3.95. The van der Waals surface area contributed by atoms with Crippen LogP contribution >= 0.6 is 0 Å². The molecule has 0 aliphatic carbocycles. The van der Waals surface area contributed by atoms with Gasteiger partial charge in [0.15, 0.2) is 0 Å². The fourth-order valence-electron chi connectivity index (χ4n) is 3.33. The van der Waals surface area contributed by atoms with Crippen molar-refractivity contribution in [2.75, 3.05) is 0 Å². The lowest BCUT2D eigenvalue weighted by molar-refractivity contribution is 0.977. The van der Waals surface area contributed by atoms with Crippen LogP contribution in [0, 0.1) is 13.8 Å². The Hall–Kier alpha value is -3.13. The van der Waals surface area contributed by atoms with Gasteiger partial charge in [-0.2, -0.15) is 0 Å². The Morgan fingerprint density at radius 1 is 0.720 bits per heavy atom. The lowest BCUT2D eigenvalue weighted by atomic mass is 9.93. The van der Waals surface area contributed by atoms with Crippen LogP contribution in [0.4, 0.5) is 0 Å². The molecular weight excluding hydrogens is 304 g/mol. The van der Waals surface area contributed by atoms with Crippen LogP contribution in [0.25, 0.3) is 27.9 Å². The van der Waals surface area contributed by atoms with Crippen LogP contribution in [0.2, 0.25) is 0 Å². The molecule has 1 aromatic heterocycles. The lowest BCUT2D eigenvalue weighted by Crippen LogP contribution is -2.02. The number of hydrogen-bond donors (Lipinski definition) is 0. The highest BCUT2D eigenvalue weighted by molar-refractivity contribution is 5.86. The molecule has 122 valence electrons. The smallest absolute Gasteiger partial charge is 0.110 e. The average Bonchev–Trinajstić information content (AvgIpc) is 3.08. The standard InChI is InChI=1S/C23H20N2/c1-17-15-21(19-9-5-3-6-10-19)23(25-14-13-24-18(25)2)22(16-17)20-11-7-4-8-12-20/h3-16H,1-2H3. The van der Waals surface area contributed by atoms with E-state index in [1.54, 1.807) is 0 Å². The molecule has 4 rings (SSSR count). The first-order valence-corrected chi connectivity index (χ1v) is 8.50. The topological polar surface area (TPSA) is 17.8 Å². The van der Waals surface area contributed by atoms with Crippen LogP contribution in [0.15, 0.2) is 85.2 Å². The third-order valence-corrected chi connectivity index (χ3v) is 4.49. The van der Waals surface area contributed by atoms with E-state index in [0.717, 1.165) is 5.82 Å². The summed E-state index contributed by atoms with van der Waals surface area (Å²) in [5.74, 6) is 0.984. The van der Waals surface area contributed by atoms with Gasteiger partial charge in [0.25, 0.3) is 0 Å². The first-order valence-electron chi connectivity index (χ1n) is 8.50. The predicted molar refractivity (Wildman–Crippen MR) is 104 cm³/mol. The van der Waals surface area contributed by atoms with Crippen molar-refractivity contribution >= 4 is 0 Å². The van der Waals surface area contributed by atoms with Crippen molar-refractivity contribution in [3.63, 3.8) is 0 Å². The zero-order valence-electron chi connectivity index (χ0n) is 14.5. The highest BCUT2D eigenvalue weighted by Crippen LogP contribution is 2.37. The van der Waals surface area contributed by atoms with Gasteiger partial charge >= 0.3 is 0 Å². The number of aryl methyl sites for hydroxylation is 2. The summed E-state index contributed by atoms with van der Waals surface area (Å²) in [6.45, 7) is 4.20. The van der Waals surface area contributed by atoms with Crippen molar-refractivity contribution in [2.24, 2.45) is 0 Å². The molecule has 1 heterocycles. The molecule has 0 spiro atoms. The Bertz CT molecular complexity index is 938. The zero-order valence-corrected chi connectivity index (χ0v) is 14.5. The summed E-state index contributed by atoms with van der Waals surface area (Å²) in [6.07, 6.45) is 3.90. The second kappa shape index (κ2) is 6.40. The van der Waals surface area contributed by atoms with Gasteiger partial charge < -0.3 is 4.57 Å². The summed E-state index contributed by atoms with van der Waals surface area (Å²) in [4.78, 5) is 4.45. The van der Waals surface area contributed by atoms with Crippen LogP contribution in [0.1, 0.15) is 11.4 Å². The van der Waals surface area contributed by atoms with E-state index in [4.69, 9.17) is 0 Å². The summed E-state index contributed by atoms with van der Waals surface area (Å²) in [6, 6.07) is 25.6. The molecular formula is C23H20N2. The quantitative estimate of drug-likeness (QED) is 0.464. The number of benzene rings is 3. The molecule has 25 heavy (non-hydrogen) atoms. The molecule has 2 heteroatoms. The molecule has 0 aliphatic heterocycles. The molecule has 2 nitrogen and oxygen atoms in total. The third-order valence-electron chi connectivity index (χ3n) is 4.49. The van der Waals surface area contributed by atoms with Crippen molar-refractivity contribution in [3.05, 3.63) is 96.6 Å². The molecule has 4 aromatic rings. The summed E-state index contributed by atoms with van der Waals surface area (Å²) in [7, 11) is 0. The van der Waals surface area contributed by atoms with Crippen molar-refractivity contribution < 1.29 is 0 Å². The maximum atomic E-state index is 4.45. The fraction of sp³-hybridized carbons (Fsp3) is 0.0870. The van der Waals surface area contributed by atoms with Gasteiger partial charge in [0.05, 0.1) is 5.69 Å². The second-order valence-electron chi connectivity index (χ2n) is 6.29. The fourth-order valence-corrected chi connectivity index (χ4v) is 3.33. The highest BCUT2D eigenvalue weighted by Gasteiger charge is 2.16. The summed E-state index contributed by atoms with van der Waals surface area (Å²) >= 11 is 0. The van der Waals surface area contributed by atoms with E-state index in [0.29, 0.717) is 0 Å². The number of hydrogen-bond acceptors (Lipinski definition) is 1.